The smallest absolute Gasteiger partial charge is 0.315 e. The standard InChI is InChI=1S/C60H66Cl4N8O10S2/c1-37-23-47(5-9-55(37)81-57-11-7-49-51(57)25-41(61)27-53(49)63)83(75,76)71-21-15-39(33-71)35-79-45-13-19-65-43(29-45)31-69-59(73)67-17-3-4-18-68-60(74)70-32-44-30-46(14-20-66-44)80-36-40-16-22-72(34-40)84(77,78)48-6-10-56(38(2)24-48)82-58-12-8-50-52(58)26-42(62)28-54(50)64/h5-6,9-10,13-14,19-20,23-30,39-40,57-58H,3-4,7-8,11-12,15-18,21-22,31-36H2,1-2H3,(H2,67,69,73)(H2,68,70,74)/t39-,40-,57-,58-/m1/s1. The molecule has 2 saturated heterocycles. The Morgan fingerprint density at radius 3 is 1.40 bits per heavy atom. The van der Waals surface area contributed by atoms with Crippen molar-refractivity contribution in [2.75, 3.05) is 52.5 Å². The van der Waals surface area contributed by atoms with Crippen LogP contribution in [0.25, 0.3) is 0 Å². The zero-order valence-electron chi connectivity index (χ0n) is 46.5. The fraction of sp³-hybridized carbons (Fsp3) is 0.400. The Morgan fingerprint density at radius 1 is 0.560 bits per heavy atom. The molecule has 446 valence electrons. The number of urea groups is 2. The first-order valence-electron chi connectivity index (χ1n) is 28.1. The second-order valence-electron chi connectivity index (χ2n) is 21.6. The maximum Gasteiger partial charge on any atom is 0.315 e. The minimum absolute atomic E-state index is 0.0220. The minimum atomic E-state index is -3.76. The summed E-state index contributed by atoms with van der Waals surface area (Å²) < 4.78 is 82.8. The van der Waals surface area contributed by atoms with Gasteiger partial charge in [0, 0.05) is 95.7 Å². The van der Waals surface area contributed by atoms with Gasteiger partial charge in [0.05, 0.1) is 47.5 Å². The average molecular weight is 1270 g/mol. The predicted octanol–water partition coefficient (Wildman–Crippen LogP) is 11.1. The number of aromatic nitrogens is 2. The highest BCUT2D eigenvalue weighted by Crippen LogP contribution is 2.43. The van der Waals surface area contributed by atoms with E-state index >= 15 is 0 Å². The van der Waals surface area contributed by atoms with Gasteiger partial charge in [-0.2, -0.15) is 8.61 Å². The van der Waals surface area contributed by atoms with E-state index < -0.39 is 20.0 Å². The fourth-order valence-corrected chi connectivity index (χ4v) is 15.5. The molecule has 2 fully saturated rings. The Balaban J connectivity index is 0.573. The van der Waals surface area contributed by atoms with Crippen LogP contribution in [0.2, 0.25) is 20.1 Å². The quantitative estimate of drug-likeness (QED) is 0.0440. The Hall–Kier alpha value is -6.10. The Labute approximate surface area is 510 Å². The summed E-state index contributed by atoms with van der Waals surface area (Å²) in [7, 11) is -7.51. The van der Waals surface area contributed by atoms with Gasteiger partial charge < -0.3 is 40.2 Å². The summed E-state index contributed by atoms with van der Waals surface area (Å²) in [5.74, 6) is 2.29. The van der Waals surface area contributed by atoms with E-state index in [-0.39, 0.29) is 59.0 Å². The Kier molecular flexibility index (Phi) is 19.7. The summed E-state index contributed by atoms with van der Waals surface area (Å²) in [6.07, 6.45) is 8.33. The van der Waals surface area contributed by atoms with Crippen molar-refractivity contribution in [1.82, 2.24) is 39.8 Å². The normalized spacial score (nSPS) is 18.7. The number of benzene rings is 4. The number of nitrogens with one attached hydrogen (secondary N) is 4. The topological polar surface area (TPSA) is 220 Å². The highest BCUT2D eigenvalue weighted by Gasteiger charge is 2.36. The molecule has 0 saturated carbocycles. The number of hydrogen-bond donors (Lipinski definition) is 4. The second-order valence-corrected chi connectivity index (χ2v) is 27.2. The molecule has 0 bridgehead atoms. The van der Waals surface area contributed by atoms with Crippen molar-refractivity contribution in [2.24, 2.45) is 11.8 Å². The highest BCUT2D eigenvalue weighted by molar-refractivity contribution is 7.89. The lowest BCUT2D eigenvalue weighted by Crippen LogP contribution is -2.37. The van der Waals surface area contributed by atoms with Crippen LogP contribution in [0.1, 0.15) is 95.5 Å². The third kappa shape index (κ3) is 14.9. The number of aryl methyl sites for hydroxylation is 2. The molecule has 4 amide bonds. The Bertz CT molecular complexity index is 3410. The lowest BCUT2D eigenvalue weighted by molar-refractivity contribution is 0.206. The van der Waals surface area contributed by atoms with Gasteiger partial charge in [0.15, 0.2) is 0 Å². The predicted molar refractivity (Wildman–Crippen MR) is 322 cm³/mol. The highest BCUT2D eigenvalue weighted by atomic mass is 35.5. The summed E-state index contributed by atoms with van der Waals surface area (Å²) in [5.41, 5.74) is 6.58. The molecular formula is C60H66Cl4N8O10S2. The van der Waals surface area contributed by atoms with Crippen molar-refractivity contribution < 1.29 is 45.4 Å². The molecule has 2 aromatic heterocycles. The summed E-state index contributed by atoms with van der Waals surface area (Å²) >= 11 is 25.4. The monoisotopic (exact) mass is 1260 g/mol. The number of pyridine rings is 2. The maximum atomic E-state index is 13.7. The van der Waals surface area contributed by atoms with E-state index in [1.165, 1.54) is 8.61 Å². The number of fused-ring (bicyclic) bond motifs is 2. The lowest BCUT2D eigenvalue weighted by Gasteiger charge is -2.20. The molecule has 24 heteroatoms. The largest absolute Gasteiger partial charge is 0.493 e. The molecule has 10 rings (SSSR count). The van der Waals surface area contributed by atoms with Gasteiger partial charge in [0.1, 0.15) is 35.2 Å². The molecule has 2 aliphatic carbocycles. The number of rotatable bonds is 23. The van der Waals surface area contributed by atoms with Crippen LogP contribution in [0.4, 0.5) is 9.59 Å². The SMILES string of the molecule is Cc1cc(S(=O)(=O)N2CC[C@@H](COc3ccnc(CNC(=O)NCCCCNC(=O)NCc4cc(OC[C@@H]5CCN(S(=O)(=O)c6ccc(O[C@@H]7CCc8c(Cl)cc(Cl)cc87)c(C)c6)C5)ccn4)c3)C2)ccc1O[C@@H]1CCc2c(Cl)cc(Cl)cc21. The number of nitrogens with zero attached hydrogens (tertiary/aromatic N) is 4. The molecule has 6 aromatic rings. The molecular weight excluding hydrogens is 1200 g/mol. The van der Waals surface area contributed by atoms with Crippen molar-refractivity contribution in [3.8, 4) is 23.0 Å². The number of carbonyl (C=O) groups is 2. The van der Waals surface area contributed by atoms with Crippen LogP contribution in [-0.4, -0.2) is 100.0 Å². The molecule has 4 heterocycles. The van der Waals surface area contributed by atoms with Crippen molar-refractivity contribution in [3.63, 3.8) is 0 Å². The van der Waals surface area contributed by atoms with E-state index in [1.54, 1.807) is 85.2 Å². The molecule has 0 spiro atoms. The molecule has 4 N–H and O–H groups in total. The van der Waals surface area contributed by atoms with Gasteiger partial charge >= 0.3 is 12.1 Å². The summed E-state index contributed by atoms with van der Waals surface area (Å²) in [5, 5.41) is 13.6. The van der Waals surface area contributed by atoms with Crippen LogP contribution < -0.4 is 40.2 Å². The molecule has 2 aliphatic heterocycles. The molecule has 4 atom stereocenters. The van der Waals surface area contributed by atoms with Gasteiger partial charge in [0.2, 0.25) is 20.0 Å². The van der Waals surface area contributed by atoms with Crippen molar-refractivity contribution in [1.29, 1.82) is 0 Å². The van der Waals surface area contributed by atoms with E-state index in [4.69, 9.17) is 65.4 Å². The van der Waals surface area contributed by atoms with Gasteiger partial charge in [-0.1, -0.05) is 46.4 Å². The third-order valence-electron chi connectivity index (χ3n) is 15.6. The number of halogens is 4. The van der Waals surface area contributed by atoms with Crippen LogP contribution in [0.5, 0.6) is 23.0 Å². The van der Waals surface area contributed by atoms with Gasteiger partial charge in [-0.3, -0.25) is 9.97 Å². The van der Waals surface area contributed by atoms with E-state index in [2.05, 4.69) is 31.2 Å². The number of ether oxygens (including phenoxy) is 4. The molecule has 0 radical (unpaired) electrons. The average Bonchev–Trinajstić information content (AvgIpc) is 3.00. The summed E-state index contributed by atoms with van der Waals surface area (Å²) in [6.45, 7) is 6.78. The summed E-state index contributed by atoms with van der Waals surface area (Å²) in [4.78, 5) is 34.3. The summed E-state index contributed by atoms with van der Waals surface area (Å²) in [6, 6.07) is 23.4. The molecule has 18 nitrogen and oxygen atoms in total. The van der Waals surface area contributed by atoms with Gasteiger partial charge in [-0.15, -0.1) is 0 Å². The first-order valence-corrected chi connectivity index (χ1v) is 32.4. The van der Waals surface area contributed by atoms with Crippen LogP contribution in [0.3, 0.4) is 0 Å². The molecule has 0 unspecified atom stereocenters. The molecule has 4 aliphatic rings. The van der Waals surface area contributed by atoms with E-state index in [0.29, 0.717) is 144 Å². The van der Waals surface area contributed by atoms with Gasteiger partial charge in [-0.25, -0.2) is 26.4 Å². The van der Waals surface area contributed by atoms with Crippen LogP contribution in [-0.2, 0) is 46.0 Å². The van der Waals surface area contributed by atoms with Gasteiger partial charge in [0.25, 0.3) is 0 Å². The van der Waals surface area contributed by atoms with Crippen LogP contribution in [0.15, 0.2) is 107 Å². The third-order valence-corrected chi connectivity index (χ3v) is 20.4. The van der Waals surface area contributed by atoms with E-state index in [9.17, 15) is 26.4 Å². The number of carbonyl (C=O) groups excluding carboxylic acids is 2. The van der Waals surface area contributed by atoms with E-state index in [1.807, 2.05) is 26.0 Å². The second kappa shape index (κ2) is 27.1. The zero-order valence-corrected chi connectivity index (χ0v) is 51.1. The van der Waals surface area contributed by atoms with Crippen LogP contribution in [0, 0.1) is 25.7 Å². The van der Waals surface area contributed by atoms with Crippen molar-refractivity contribution in [2.45, 2.75) is 100 Å². The van der Waals surface area contributed by atoms with Crippen LogP contribution >= 0.6 is 46.4 Å². The van der Waals surface area contributed by atoms with Crippen molar-refractivity contribution in [3.05, 3.63) is 162 Å². The fourth-order valence-electron chi connectivity index (χ4n) is 11.0. The lowest BCUT2D eigenvalue weighted by atomic mass is 10.1. The van der Waals surface area contributed by atoms with Crippen molar-refractivity contribution >= 4 is 78.5 Å². The Morgan fingerprint density at radius 2 is 0.988 bits per heavy atom. The minimum Gasteiger partial charge on any atom is -0.493 e. The molecule has 4 aromatic carbocycles. The first-order chi connectivity index (χ1) is 40.4. The number of unbranched alkanes of at least 4 members (excludes halogenated alkanes) is 1. The zero-order chi connectivity index (χ0) is 59.1. The first kappa shape index (κ1) is 61.0. The van der Waals surface area contributed by atoms with E-state index in [0.717, 1.165) is 47.9 Å². The van der Waals surface area contributed by atoms with Gasteiger partial charge in [-0.05, 0) is 171 Å². The number of sulfonamides is 2. The maximum absolute atomic E-state index is 13.7. The number of amides is 4. The molecule has 84 heavy (non-hydrogen) atoms. The number of hydrogen-bond acceptors (Lipinski definition) is 12.